The predicted molar refractivity (Wildman–Crippen MR) is 48.5 cm³/mol. The number of benzene rings is 1. The normalized spacial score (nSPS) is 9.50. The minimum atomic E-state index is -0.527. The summed E-state index contributed by atoms with van der Waals surface area (Å²) in [6, 6.07) is 5.21. The number of nitro groups is 1. The Bertz CT molecular complexity index is 344. The first-order valence-corrected chi connectivity index (χ1v) is 3.88. The third kappa shape index (κ3) is 2.29. The van der Waals surface area contributed by atoms with Crippen molar-refractivity contribution in [3.8, 4) is 0 Å². The van der Waals surface area contributed by atoms with Gasteiger partial charge in [-0.3, -0.25) is 10.1 Å². The molecular formula is C9H8NO4. The van der Waals surface area contributed by atoms with Crippen LogP contribution in [0.4, 0.5) is 5.69 Å². The largest absolute Gasteiger partial charge is 0.455 e. The molecule has 0 N–H and O–H groups in total. The van der Waals surface area contributed by atoms with Crippen LogP contribution in [0.1, 0.15) is 17.3 Å². The smallest absolute Gasteiger partial charge is 0.338 e. The van der Waals surface area contributed by atoms with Gasteiger partial charge in [0.2, 0.25) is 0 Å². The molecule has 0 atom stereocenters. The lowest BCUT2D eigenvalue weighted by Crippen LogP contribution is -2.01. The van der Waals surface area contributed by atoms with E-state index in [2.05, 4.69) is 4.74 Å². The molecule has 0 heterocycles. The van der Waals surface area contributed by atoms with Crippen LogP contribution >= 0.6 is 0 Å². The quantitative estimate of drug-likeness (QED) is 0.418. The van der Waals surface area contributed by atoms with Crippen LogP contribution in [0.5, 0.6) is 0 Å². The van der Waals surface area contributed by atoms with Crippen LogP contribution in [-0.2, 0) is 4.74 Å². The van der Waals surface area contributed by atoms with E-state index in [9.17, 15) is 14.9 Å². The molecule has 0 saturated carbocycles. The van der Waals surface area contributed by atoms with Gasteiger partial charge in [-0.15, -0.1) is 0 Å². The number of non-ortho nitro benzene ring substituents is 1. The summed E-state index contributed by atoms with van der Waals surface area (Å²) >= 11 is 0. The molecule has 1 rings (SSSR count). The Labute approximate surface area is 80.5 Å². The maximum atomic E-state index is 11.1. The molecule has 0 amide bonds. The third-order valence-electron chi connectivity index (χ3n) is 1.54. The number of nitrogens with zero attached hydrogens (tertiary/aromatic N) is 1. The maximum absolute atomic E-state index is 11.1. The second kappa shape index (κ2) is 4.36. The van der Waals surface area contributed by atoms with Gasteiger partial charge >= 0.3 is 5.97 Å². The van der Waals surface area contributed by atoms with Gasteiger partial charge in [-0.05, 0) is 19.1 Å². The third-order valence-corrected chi connectivity index (χ3v) is 1.54. The number of nitro benzene ring substituents is 1. The van der Waals surface area contributed by atoms with Gasteiger partial charge in [0.05, 0.1) is 10.5 Å². The molecule has 0 spiro atoms. The number of carbonyl (C=O) groups is 1. The SMILES string of the molecule is C[CH]OC(=O)c1ccc([N+](=O)[O-])cc1. The zero-order chi connectivity index (χ0) is 10.6. The number of ether oxygens (including phenoxy) is 1. The van der Waals surface area contributed by atoms with Crippen molar-refractivity contribution in [1.82, 2.24) is 0 Å². The zero-order valence-electron chi connectivity index (χ0n) is 7.47. The fourth-order valence-electron chi connectivity index (χ4n) is 0.894. The summed E-state index contributed by atoms with van der Waals surface area (Å²) in [5, 5.41) is 10.3. The summed E-state index contributed by atoms with van der Waals surface area (Å²) in [5.74, 6) is -0.526. The first-order valence-electron chi connectivity index (χ1n) is 3.88. The van der Waals surface area contributed by atoms with Gasteiger partial charge in [0.15, 0.2) is 0 Å². The van der Waals surface area contributed by atoms with Crippen molar-refractivity contribution >= 4 is 11.7 Å². The fraction of sp³-hybridized carbons (Fsp3) is 0.111. The fourth-order valence-corrected chi connectivity index (χ4v) is 0.894. The van der Waals surface area contributed by atoms with E-state index in [1.54, 1.807) is 6.92 Å². The highest BCUT2D eigenvalue weighted by Gasteiger charge is 2.09. The Morgan fingerprint density at radius 3 is 2.43 bits per heavy atom. The Morgan fingerprint density at radius 2 is 2.00 bits per heavy atom. The number of esters is 1. The van der Waals surface area contributed by atoms with Crippen LogP contribution in [0.15, 0.2) is 24.3 Å². The van der Waals surface area contributed by atoms with Crippen molar-refractivity contribution in [2.24, 2.45) is 0 Å². The predicted octanol–water partition coefficient (Wildman–Crippen LogP) is 1.93. The second-order valence-corrected chi connectivity index (χ2v) is 2.44. The van der Waals surface area contributed by atoms with Gasteiger partial charge in [0.25, 0.3) is 5.69 Å². The van der Waals surface area contributed by atoms with Gasteiger partial charge in [0.1, 0.15) is 6.61 Å². The molecule has 5 heteroatoms. The minimum Gasteiger partial charge on any atom is -0.455 e. The molecule has 0 aliphatic carbocycles. The highest BCUT2D eigenvalue weighted by atomic mass is 16.6. The van der Waals surface area contributed by atoms with Crippen LogP contribution in [0.2, 0.25) is 0 Å². The highest BCUT2D eigenvalue weighted by Crippen LogP contribution is 2.12. The topological polar surface area (TPSA) is 69.4 Å². The van der Waals surface area contributed by atoms with E-state index >= 15 is 0 Å². The molecule has 0 aliphatic heterocycles. The molecule has 0 aliphatic rings. The van der Waals surface area contributed by atoms with E-state index in [0.717, 1.165) is 0 Å². The lowest BCUT2D eigenvalue weighted by Gasteiger charge is -1.99. The Balaban J connectivity index is 2.83. The van der Waals surface area contributed by atoms with Crippen molar-refractivity contribution in [3.63, 3.8) is 0 Å². The van der Waals surface area contributed by atoms with E-state index < -0.39 is 10.9 Å². The van der Waals surface area contributed by atoms with Gasteiger partial charge < -0.3 is 4.74 Å². The van der Waals surface area contributed by atoms with Crippen molar-refractivity contribution in [1.29, 1.82) is 0 Å². The van der Waals surface area contributed by atoms with Gasteiger partial charge in [-0.2, -0.15) is 0 Å². The maximum Gasteiger partial charge on any atom is 0.338 e. The molecule has 0 fully saturated rings. The summed E-state index contributed by atoms with van der Waals surface area (Å²) in [6.45, 7) is 2.83. The van der Waals surface area contributed by atoms with Crippen molar-refractivity contribution in [2.45, 2.75) is 6.92 Å². The molecule has 14 heavy (non-hydrogen) atoms. The standard InChI is InChI=1S/C9H8NO4/c1-2-14-9(11)7-3-5-8(6-4-7)10(12)13/h2-6H,1H3. The average molecular weight is 194 g/mol. The van der Waals surface area contributed by atoms with Crippen molar-refractivity contribution in [3.05, 3.63) is 46.6 Å². The van der Waals surface area contributed by atoms with E-state index in [-0.39, 0.29) is 11.3 Å². The summed E-state index contributed by atoms with van der Waals surface area (Å²) < 4.78 is 4.59. The first-order chi connectivity index (χ1) is 6.65. The number of carbonyl (C=O) groups excluding carboxylic acids is 1. The first kappa shape index (κ1) is 10.2. The zero-order valence-corrected chi connectivity index (χ0v) is 7.47. The second-order valence-electron chi connectivity index (χ2n) is 2.44. The molecule has 1 aromatic carbocycles. The molecular weight excluding hydrogens is 186 g/mol. The van der Waals surface area contributed by atoms with E-state index in [4.69, 9.17) is 0 Å². The lowest BCUT2D eigenvalue weighted by molar-refractivity contribution is -0.384. The molecule has 0 bridgehead atoms. The van der Waals surface area contributed by atoms with E-state index in [0.29, 0.717) is 0 Å². The van der Waals surface area contributed by atoms with Crippen LogP contribution in [0, 0.1) is 16.7 Å². The molecule has 5 nitrogen and oxygen atoms in total. The van der Waals surface area contributed by atoms with Crippen molar-refractivity contribution in [2.75, 3.05) is 0 Å². The number of hydrogen-bond acceptors (Lipinski definition) is 4. The van der Waals surface area contributed by atoms with E-state index in [1.165, 1.54) is 30.9 Å². The molecule has 0 unspecified atom stereocenters. The number of rotatable bonds is 3. The lowest BCUT2D eigenvalue weighted by atomic mass is 10.2. The van der Waals surface area contributed by atoms with Gasteiger partial charge in [-0.1, -0.05) is 0 Å². The minimum absolute atomic E-state index is 0.0537. The van der Waals surface area contributed by atoms with Crippen molar-refractivity contribution < 1.29 is 14.5 Å². The molecule has 73 valence electrons. The monoisotopic (exact) mass is 194 g/mol. The average Bonchev–Trinajstić information content (AvgIpc) is 2.18. The summed E-state index contributed by atoms with van der Waals surface area (Å²) in [6.07, 6.45) is 0. The highest BCUT2D eigenvalue weighted by molar-refractivity contribution is 5.89. The van der Waals surface area contributed by atoms with Gasteiger partial charge in [0, 0.05) is 12.1 Å². The summed E-state index contributed by atoms with van der Waals surface area (Å²) in [7, 11) is 0. The molecule has 0 aromatic heterocycles. The number of hydrogen-bond donors (Lipinski definition) is 0. The van der Waals surface area contributed by atoms with Crippen LogP contribution < -0.4 is 0 Å². The molecule has 1 aromatic rings. The van der Waals surface area contributed by atoms with Gasteiger partial charge in [-0.25, -0.2) is 4.79 Å². The summed E-state index contributed by atoms with van der Waals surface area (Å²) in [4.78, 5) is 20.9. The van der Waals surface area contributed by atoms with Crippen LogP contribution in [0.3, 0.4) is 0 Å². The Kier molecular flexibility index (Phi) is 3.17. The molecule has 0 saturated heterocycles. The molecule has 1 radical (unpaired) electrons. The summed E-state index contributed by atoms with van der Waals surface area (Å²) in [5.41, 5.74) is 0.232. The van der Waals surface area contributed by atoms with Crippen LogP contribution in [0.25, 0.3) is 0 Å². The van der Waals surface area contributed by atoms with E-state index in [1.807, 2.05) is 0 Å². The Morgan fingerprint density at radius 1 is 1.43 bits per heavy atom. The van der Waals surface area contributed by atoms with Crippen LogP contribution in [-0.4, -0.2) is 10.9 Å². The Hall–Kier alpha value is -1.91.